The number of hydrogen-bond donors (Lipinski definition) is 2. The molecule has 0 aliphatic carbocycles. The van der Waals surface area contributed by atoms with Crippen LogP contribution in [0.25, 0.3) is 10.9 Å². The lowest BCUT2D eigenvalue weighted by Gasteiger charge is -2.31. The van der Waals surface area contributed by atoms with Crippen LogP contribution in [0.2, 0.25) is 10.0 Å². The third-order valence-corrected chi connectivity index (χ3v) is 7.14. The Morgan fingerprint density at radius 2 is 1.78 bits per heavy atom. The molecule has 3 aromatic rings. The smallest absolute Gasteiger partial charge is 0.416 e. The first-order valence-electron chi connectivity index (χ1n) is 11.1. The number of likely N-dealkylation sites (tertiary alicyclic amines) is 1. The molecular weight excluding hydrogens is 520 g/mol. The number of alkyl halides is 3. The number of amides is 1. The number of carboxylic acids is 1. The van der Waals surface area contributed by atoms with Gasteiger partial charge in [0.2, 0.25) is 5.78 Å². The number of aryl methyl sites for hydroxylation is 1. The fraction of sp³-hybridized carbons (Fsp3) is 0.320. The van der Waals surface area contributed by atoms with Crippen molar-refractivity contribution in [2.75, 3.05) is 13.1 Å². The van der Waals surface area contributed by atoms with Crippen LogP contribution >= 0.6 is 23.2 Å². The molecule has 2 heterocycles. The molecule has 2 N–H and O–H groups in total. The number of aromatic nitrogens is 1. The summed E-state index contributed by atoms with van der Waals surface area (Å²) in [6.07, 6.45) is -3.44. The first-order chi connectivity index (χ1) is 16.9. The quantitative estimate of drug-likeness (QED) is 0.368. The summed E-state index contributed by atoms with van der Waals surface area (Å²) in [4.78, 5) is 41.7. The molecule has 1 aliphatic heterocycles. The molecule has 0 bridgehead atoms. The second kappa shape index (κ2) is 9.78. The highest BCUT2D eigenvalue weighted by Crippen LogP contribution is 2.35. The lowest BCUT2D eigenvalue weighted by Crippen LogP contribution is -2.39. The molecule has 0 spiro atoms. The van der Waals surface area contributed by atoms with E-state index in [1.54, 1.807) is 4.90 Å². The van der Waals surface area contributed by atoms with Crippen molar-refractivity contribution in [1.29, 1.82) is 0 Å². The number of ketones is 1. The minimum Gasteiger partial charge on any atom is -0.481 e. The predicted molar refractivity (Wildman–Crippen MR) is 129 cm³/mol. The predicted octanol–water partition coefficient (Wildman–Crippen LogP) is 6.36. The number of piperidine rings is 1. The van der Waals surface area contributed by atoms with Gasteiger partial charge in [-0.3, -0.25) is 14.4 Å². The van der Waals surface area contributed by atoms with Crippen molar-refractivity contribution in [1.82, 2.24) is 9.88 Å². The van der Waals surface area contributed by atoms with Crippen LogP contribution in [0.3, 0.4) is 0 Å². The monoisotopic (exact) mass is 540 g/mol. The SMILES string of the molecule is Cc1cc(C(F)(F)F)cc2[nH]c(C(=O)c3c(Cl)ccc(C(=O)N4CCC(CC(=O)O)CC4)c3Cl)cc12. The van der Waals surface area contributed by atoms with E-state index in [9.17, 15) is 27.6 Å². The molecule has 1 aromatic heterocycles. The summed E-state index contributed by atoms with van der Waals surface area (Å²) >= 11 is 12.8. The Bertz CT molecular complexity index is 1380. The Kier molecular flexibility index (Phi) is 7.07. The highest BCUT2D eigenvalue weighted by Gasteiger charge is 2.32. The van der Waals surface area contributed by atoms with Crippen molar-refractivity contribution < 1.29 is 32.7 Å². The van der Waals surface area contributed by atoms with E-state index >= 15 is 0 Å². The number of H-pyrrole nitrogens is 1. The number of benzene rings is 2. The summed E-state index contributed by atoms with van der Waals surface area (Å²) in [6, 6.07) is 6.15. The second-order valence-electron chi connectivity index (χ2n) is 8.88. The number of hydrogen-bond acceptors (Lipinski definition) is 3. The van der Waals surface area contributed by atoms with E-state index in [0.717, 1.165) is 12.1 Å². The molecule has 1 fully saturated rings. The maximum atomic E-state index is 13.3. The van der Waals surface area contributed by atoms with E-state index in [2.05, 4.69) is 4.98 Å². The van der Waals surface area contributed by atoms with Gasteiger partial charge in [0.15, 0.2) is 0 Å². The zero-order valence-electron chi connectivity index (χ0n) is 19.0. The largest absolute Gasteiger partial charge is 0.481 e. The lowest BCUT2D eigenvalue weighted by atomic mass is 9.93. The van der Waals surface area contributed by atoms with Gasteiger partial charge >= 0.3 is 12.1 Å². The molecule has 4 rings (SSSR count). The Morgan fingerprint density at radius 1 is 1.11 bits per heavy atom. The Hall–Kier alpha value is -3.04. The molecule has 190 valence electrons. The number of carboxylic acid groups (broad SMARTS) is 1. The van der Waals surface area contributed by atoms with Crippen molar-refractivity contribution in [2.45, 2.75) is 32.4 Å². The highest BCUT2D eigenvalue weighted by atomic mass is 35.5. The molecule has 1 saturated heterocycles. The van der Waals surface area contributed by atoms with Crippen molar-refractivity contribution in [3.63, 3.8) is 0 Å². The van der Waals surface area contributed by atoms with Crippen LogP contribution in [0.1, 0.15) is 56.8 Å². The number of carbonyl (C=O) groups excluding carboxylic acids is 2. The zero-order valence-corrected chi connectivity index (χ0v) is 20.5. The zero-order chi connectivity index (χ0) is 26.4. The van der Waals surface area contributed by atoms with Gasteiger partial charge in [-0.15, -0.1) is 0 Å². The number of aliphatic carboxylic acids is 1. The van der Waals surface area contributed by atoms with Crippen LogP contribution in [0, 0.1) is 12.8 Å². The van der Waals surface area contributed by atoms with E-state index in [0.29, 0.717) is 36.9 Å². The molecular formula is C25H21Cl2F3N2O4. The summed E-state index contributed by atoms with van der Waals surface area (Å²) in [6.45, 7) is 2.21. The number of aromatic amines is 1. The fourth-order valence-electron chi connectivity index (χ4n) is 4.52. The second-order valence-corrected chi connectivity index (χ2v) is 9.67. The number of rotatable bonds is 5. The van der Waals surface area contributed by atoms with E-state index in [-0.39, 0.29) is 44.7 Å². The van der Waals surface area contributed by atoms with Gasteiger partial charge < -0.3 is 15.0 Å². The molecule has 6 nitrogen and oxygen atoms in total. The molecule has 0 unspecified atom stereocenters. The number of nitrogens with zero attached hydrogens (tertiary/aromatic N) is 1. The average molecular weight is 541 g/mol. The van der Waals surface area contributed by atoms with Gasteiger partial charge in [0, 0.05) is 30.4 Å². The normalized spacial score (nSPS) is 14.9. The van der Waals surface area contributed by atoms with Crippen LogP contribution in [-0.2, 0) is 11.0 Å². The van der Waals surface area contributed by atoms with E-state index in [4.69, 9.17) is 28.3 Å². The van der Waals surface area contributed by atoms with Crippen LogP contribution in [0.5, 0.6) is 0 Å². The van der Waals surface area contributed by atoms with Gasteiger partial charge in [-0.2, -0.15) is 13.2 Å². The first-order valence-corrected chi connectivity index (χ1v) is 11.9. The highest BCUT2D eigenvalue weighted by molar-refractivity contribution is 6.42. The summed E-state index contributed by atoms with van der Waals surface area (Å²) in [5.74, 6) is -1.98. The van der Waals surface area contributed by atoms with Crippen LogP contribution in [0.4, 0.5) is 13.2 Å². The maximum absolute atomic E-state index is 13.3. The van der Waals surface area contributed by atoms with Gasteiger partial charge in [-0.25, -0.2) is 0 Å². The van der Waals surface area contributed by atoms with Gasteiger partial charge in [-0.1, -0.05) is 23.2 Å². The topological polar surface area (TPSA) is 90.5 Å². The molecule has 36 heavy (non-hydrogen) atoms. The van der Waals surface area contributed by atoms with Gasteiger partial charge in [-0.05, 0) is 61.6 Å². The van der Waals surface area contributed by atoms with Crippen molar-refractivity contribution in [3.8, 4) is 0 Å². The van der Waals surface area contributed by atoms with Gasteiger partial charge in [0.05, 0.1) is 32.4 Å². The molecule has 0 atom stereocenters. The molecule has 2 aromatic carbocycles. The number of carbonyl (C=O) groups is 3. The lowest BCUT2D eigenvalue weighted by molar-refractivity contribution is -0.139. The number of fused-ring (bicyclic) bond motifs is 1. The van der Waals surface area contributed by atoms with Crippen molar-refractivity contribution >= 4 is 51.8 Å². The number of nitrogens with one attached hydrogen (secondary N) is 1. The minimum absolute atomic E-state index is 0.00641. The molecule has 1 aliphatic rings. The average Bonchev–Trinajstić information content (AvgIpc) is 3.23. The molecule has 11 heteroatoms. The first kappa shape index (κ1) is 26.0. The number of halogens is 5. The third-order valence-electron chi connectivity index (χ3n) is 6.43. The summed E-state index contributed by atoms with van der Waals surface area (Å²) in [7, 11) is 0. The summed E-state index contributed by atoms with van der Waals surface area (Å²) in [5, 5.41) is 9.25. The molecule has 0 saturated carbocycles. The van der Waals surface area contributed by atoms with E-state index in [1.165, 1.54) is 25.1 Å². The molecule has 1 amide bonds. The maximum Gasteiger partial charge on any atom is 0.416 e. The Balaban J connectivity index is 1.64. The van der Waals surface area contributed by atoms with Crippen molar-refractivity contribution in [2.24, 2.45) is 5.92 Å². The van der Waals surface area contributed by atoms with Crippen LogP contribution in [-0.4, -0.2) is 45.7 Å². The summed E-state index contributed by atoms with van der Waals surface area (Å²) < 4.78 is 39.6. The van der Waals surface area contributed by atoms with Gasteiger partial charge in [0.25, 0.3) is 5.91 Å². The van der Waals surface area contributed by atoms with Crippen molar-refractivity contribution in [3.05, 3.63) is 68.3 Å². The van der Waals surface area contributed by atoms with E-state index < -0.39 is 29.4 Å². The summed E-state index contributed by atoms with van der Waals surface area (Å²) in [5.41, 5.74) is -0.464. The molecule has 0 radical (unpaired) electrons. The Labute approximate surface area is 214 Å². The third kappa shape index (κ3) is 5.08. The van der Waals surface area contributed by atoms with Crippen LogP contribution in [0.15, 0.2) is 30.3 Å². The standard InChI is InChI=1S/C25H21Cl2F3N2O4/c1-12-8-14(25(28,29)30)10-18-16(12)11-19(31-18)23(35)21-17(26)3-2-15(22(21)27)24(36)32-6-4-13(5-7-32)9-20(33)34/h2-3,8,10-11,13,31H,4-7,9H2,1H3,(H,33,34). The Morgan fingerprint density at radius 3 is 2.39 bits per heavy atom. The fourth-order valence-corrected chi connectivity index (χ4v) is 5.15. The van der Waals surface area contributed by atoms with Gasteiger partial charge in [0.1, 0.15) is 0 Å². The van der Waals surface area contributed by atoms with E-state index in [1.807, 2.05) is 0 Å². The minimum atomic E-state index is -4.54. The van der Waals surface area contributed by atoms with Crippen LogP contribution < -0.4 is 0 Å².